The summed E-state index contributed by atoms with van der Waals surface area (Å²) >= 11 is 0.731. The Morgan fingerprint density at radius 3 is 1.43 bits per heavy atom. The molecule has 0 aliphatic rings. The highest BCUT2D eigenvalue weighted by molar-refractivity contribution is 8.26. The zero-order chi connectivity index (χ0) is 5.86. The Bertz CT molecular complexity index is 85.9. The molecule has 5 heteroatoms. The van der Waals surface area contributed by atoms with Gasteiger partial charge in [-0.2, -0.15) is 0 Å². The Balaban J connectivity index is 3.32. The van der Waals surface area contributed by atoms with Crippen LogP contribution in [0.2, 0.25) is 0 Å². The maximum Gasteiger partial charge on any atom is 0.158 e. The van der Waals surface area contributed by atoms with Gasteiger partial charge in [-0.25, -0.2) is 0 Å². The third-order valence-electron chi connectivity index (χ3n) is 0.220. The van der Waals surface area contributed by atoms with Crippen LogP contribution < -0.4 is 11.5 Å². The number of rotatable bonds is 0. The summed E-state index contributed by atoms with van der Waals surface area (Å²) in [6, 6.07) is 0. The monoisotopic (exact) mass is 118 g/mol. The second-order valence-corrected chi connectivity index (χ2v) is 1.91. The maximum absolute atomic E-state index is 6.54. The summed E-state index contributed by atoms with van der Waals surface area (Å²) in [5.74, 6) is 0. The van der Waals surface area contributed by atoms with Crippen LogP contribution in [0.15, 0.2) is 0 Å². The van der Waals surface area contributed by atoms with Crippen LogP contribution in [0, 0.1) is 10.8 Å². The Morgan fingerprint density at radius 2 is 1.43 bits per heavy atom. The zero-order valence-electron chi connectivity index (χ0n) is 3.56. The van der Waals surface area contributed by atoms with Crippen LogP contribution in [0.25, 0.3) is 0 Å². The molecule has 0 rings (SSSR count). The molecule has 0 aromatic heterocycles. The Labute approximate surface area is 45.3 Å². The lowest BCUT2D eigenvalue weighted by Crippen LogP contribution is -2.13. The van der Waals surface area contributed by atoms with E-state index in [-0.39, 0.29) is 10.3 Å². The van der Waals surface area contributed by atoms with Gasteiger partial charge in [-0.1, -0.05) is 0 Å². The number of nitrogens with one attached hydrogen (secondary N) is 2. The molecule has 0 saturated carbocycles. The Kier molecular flexibility index (Phi) is 2.21. The first-order chi connectivity index (χ1) is 3.13. The molecule has 0 aromatic rings. The molecule has 7 heavy (non-hydrogen) atoms. The minimum Gasteiger partial charge on any atom is -0.378 e. The number of thioether (sulfide) groups is 1. The molecular formula is C2H6N4S. The van der Waals surface area contributed by atoms with Gasteiger partial charge in [-0.05, 0) is 11.8 Å². The molecule has 0 radical (unpaired) electrons. The lowest BCUT2D eigenvalue weighted by Gasteiger charge is -1.88. The molecule has 0 unspecified atom stereocenters. The first-order valence-corrected chi connectivity index (χ1v) is 2.30. The van der Waals surface area contributed by atoms with Crippen molar-refractivity contribution in [3.8, 4) is 0 Å². The van der Waals surface area contributed by atoms with Gasteiger partial charge in [0.2, 0.25) is 0 Å². The number of nitrogens with two attached hydrogens (primary N) is 2. The molecule has 0 bridgehead atoms. The van der Waals surface area contributed by atoms with E-state index >= 15 is 0 Å². The van der Waals surface area contributed by atoms with E-state index in [9.17, 15) is 0 Å². The number of hydrogen-bond acceptors (Lipinski definition) is 3. The van der Waals surface area contributed by atoms with Crippen molar-refractivity contribution < 1.29 is 0 Å². The van der Waals surface area contributed by atoms with E-state index in [0.29, 0.717) is 0 Å². The van der Waals surface area contributed by atoms with Crippen molar-refractivity contribution in [2.75, 3.05) is 0 Å². The number of hydrogen-bond donors (Lipinski definition) is 4. The molecule has 0 aliphatic heterocycles. The predicted molar refractivity (Wildman–Crippen MR) is 31.4 cm³/mol. The highest BCUT2D eigenvalue weighted by Crippen LogP contribution is 1.92. The highest BCUT2D eigenvalue weighted by atomic mass is 32.2. The quantitative estimate of drug-likeness (QED) is 0.255. The van der Waals surface area contributed by atoms with Crippen molar-refractivity contribution in [3.63, 3.8) is 0 Å². The molecule has 0 saturated heterocycles. The normalized spacial score (nSPS) is 8.00. The molecule has 0 heterocycles. The van der Waals surface area contributed by atoms with Gasteiger partial charge in [-0.3, -0.25) is 10.8 Å². The summed E-state index contributed by atoms with van der Waals surface area (Å²) in [6.07, 6.45) is 0. The van der Waals surface area contributed by atoms with Crippen LogP contribution in [0.5, 0.6) is 0 Å². The van der Waals surface area contributed by atoms with Gasteiger partial charge in [0.25, 0.3) is 0 Å². The fraction of sp³-hybridized carbons (Fsp3) is 0. The fourth-order valence-electron chi connectivity index (χ4n) is 0.118. The van der Waals surface area contributed by atoms with Crippen molar-refractivity contribution in [1.82, 2.24) is 0 Å². The van der Waals surface area contributed by atoms with Crippen LogP contribution in [0.3, 0.4) is 0 Å². The Hall–Kier alpha value is -0.710. The maximum atomic E-state index is 6.54. The average molecular weight is 118 g/mol. The standard InChI is InChI=1S/C2H6N4S/c3-1(4)7-2(5)6/h(H3,3,4)(H3,5,6). The first-order valence-electron chi connectivity index (χ1n) is 1.49. The Morgan fingerprint density at radius 1 is 1.14 bits per heavy atom. The smallest absolute Gasteiger partial charge is 0.158 e. The van der Waals surface area contributed by atoms with Crippen molar-refractivity contribution in [2.24, 2.45) is 11.5 Å². The molecular weight excluding hydrogens is 112 g/mol. The van der Waals surface area contributed by atoms with E-state index in [0.717, 1.165) is 11.8 Å². The second-order valence-electron chi connectivity index (χ2n) is 0.831. The lowest BCUT2D eigenvalue weighted by molar-refractivity contribution is 1.49. The van der Waals surface area contributed by atoms with Gasteiger partial charge >= 0.3 is 0 Å². The molecule has 0 fully saturated rings. The topological polar surface area (TPSA) is 99.7 Å². The summed E-state index contributed by atoms with van der Waals surface area (Å²) in [5, 5.41) is 12.8. The minimum absolute atomic E-state index is 0.146. The van der Waals surface area contributed by atoms with E-state index in [1.807, 2.05) is 0 Å². The van der Waals surface area contributed by atoms with Crippen molar-refractivity contribution in [1.29, 1.82) is 10.8 Å². The molecule has 0 amide bonds. The van der Waals surface area contributed by atoms with Crippen LogP contribution >= 0.6 is 11.8 Å². The number of amidine groups is 2. The largest absolute Gasteiger partial charge is 0.378 e. The summed E-state index contributed by atoms with van der Waals surface area (Å²) in [6.45, 7) is 0. The third kappa shape index (κ3) is 5.29. The van der Waals surface area contributed by atoms with Gasteiger partial charge in [-0.15, -0.1) is 0 Å². The van der Waals surface area contributed by atoms with E-state index in [1.54, 1.807) is 0 Å². The van der Waals surface area contributed by atoms with Crippen LogP contribution in [0.4, 0.5) is 0 Å². The second kappa shape index (κ2) is 2.46. The molecule has 40 valence electrons. The van der Waals surface area contributed by atoms with E-state index in [1.165, 1.54) is 0 Å². The third-order valence-corrected chi connectivity index (χ3v) is 0.660. The summed E-state index contributed by atoms with van der Waals surface area (Å²) in [4.78, 5) is 0. The van der Waals surface area contributed by atoms with Gasteiger partial charge < -0.3 is 11.5 Å². The van der Waals surface area contributed by atoms with Crippen molar-refractivity contribution in [2.45, 2.75) is 0 Å². The zero-order valence-corrected chi connectivity index (χ0v) is 4.38. The first kappa shape index (κ1) is 6.29. The van der Waals surface area contributed by atoms with Crippen molar-refractivity contribution in [3.05, 3.63) is 0 Å². The SMILES string of the molecule is N=C(N)SC(=N)N. The van der Waals surface area contributed by atoms with Crippen LogP contribution in [0.1, 0.15) is 0 Å². The van der Waals surface area contributed by atoms with Crippen LogP contribution in [-0.4, -0.2) is 10.3 Å². The fourth-order valence-corrected chi connectivity index (χ4v) is 0.355. The molecule has 0 aliphatic carbocycles. The summed E-state index contributed by atoms with van der Waals surface area (Å²) < 4.78 is 0. The average Bonchev–Trinajstić information content (AvgIpc) is 1.27. The van der Waals surface area contributed by atoms with E-state index in [2.05, 4.69) is 0 Å². The molecule has 6 N–H and O–H groups in total. The summed E-state index contributed by atoms with van der Waals surface area (Å²) in [5.41, 5.74) is 9.64. The minimum atomic E-state index is -0.146. The van der Waals surface area contributed by atoms with Gasteiger partial charge in [0.1, 0.15) is 0 Å². The molecule has 0 aromatic carbocycles. The lowest BCUT2D eigenvalue weighted by atomic mass is 11.4. The van der Waals surface area contributed by atoms with Gasteiger partial charge in [0, 0.05) is 0 Å². The summed E-state index contributed by atoms with van der Waals surface area (Å²) in [7, 11) is 0. The molecule has 0 spiro atoms. The van der Waals surface area contributed by atoms with Gasteiger partial charge in [0.15, 0.2) is 10.3 Å². The molecule has 4 nitrogen and oxygen atoms in total. The van der Waals surface area contributed by atoms with Crippen LogP contribution in [-0.2, 0) is 0 Å². The molecule has 0 atom stereocenters. The highest BCUT2D eigenvalue weighted by Gasteiger charge is 1.89. The van der Waals surface area contributed by atoms with Gasteiger partial charge in [0.05, 0.1) is 0 Å². The van der Waals surface area contributed by atoms with Crippen molar-refractivity contribution >= 4 is 22.1 Å². The van der Waals surface area contributed by atoms with E-state index < -0.39 is 0 Å². The predicted octanol–water partition coefficient (Wildman–Crippen LogP) is -0.493. The van der Waals surface area contributed by atoms with E-state index in [4.69, 9.17) is 22.3 Å².